The van der Waals surface area contributed by atoms with Crippen LogP contribution in [0.4, 0.5) is 0 Å². The van der Waals surface area contributed by atoms with Gasteiger partial charge in [0.05, 0.1) is 5.56 Å². The van der Waals surface area contributed by atoms with Gasteiger partial charge in [-0.25, -0.2) is 0 Å². The molecular weight excluding hydrogens is 278 g/mol. The van der Waals surface area contributed by atoms with Crippen molar-refractivity contribution in [1.29, 1.82) is 5.26 Å². The van der Waals surface area contributed by atoms with Gasteiger partial charge in [-0.15, -0.1) is 0 Å². The molecule has 0 unspecified atom stereocenters. The third-order valence-electron chi connectivity index (χ3n) is 2.39. The number of halogens is 1. The zero-order chi connectivity index (χ0) is 12.3. The van der Waals surface area contributed by atoms with Gasteiger partial charge < -0.3 is 4.74 Å². The highest BCUT2D eigenvalue weighted by Gasteiger charge is 2.06. The number of rotatable bonds is 2. The molecule has 3 heteroatoms. The Balaban J connectivity index is 2.34. The van der Waals surface area contributed by atoms with Gasteiger partial charge in [-0.1, -0.05) is 28.1 Å². The largest absolute Gasteiger partial charge is 0.456 e. The summed E-state index contributed by atoms with van der Waals surface area (Å²) in [6.07, 6.45) is 0. The van der Waals surface area contributed by atoms with E-state index in [0.717, 1.165) is 15.8 Å². The van der Waals surface area contributed by atoms with Crippen LogP contribution in [0.3, 0.4) is 0 Å². The van der Waals surface area contributed by atoms with Crippen molar-refractivity contribution in [1.82, 2.24) is 0 Å². The molecule has 84 valence electrons. The van der Waals surface area contributed by atoms with Crippen molar-refractivity contribution >= 4 is 15.9 Å². The highest BCUT2D eigenvalue weighted by molar-refractivity contribution is 9.10. The Labute approximate surface area is 109 Å². The lowest BCUT2D eigenvalue weighted by atomic mass is 10.1. The molecule has 0 saturated heterocycles. The van der Waals surface area contributed by atoms with Gasteiger partial charge >= 0.3 is 0 Å². The molecule has 0 saturated carbocycles. The molecule has 0 bridgehead atoms. The lowest BCUT2D eigenvalue weighted by molar-refractivity contribution is 0.480. The Kier molecular flexibility index (Phi) is 3.46. The first-order chi connectivity index (χ1) is 8.20. The summed E-state index contributed by atoms with van der Waals surface area (Å²) in [5.41, 5.74) is 1.50. The predicted molar refractivity (Wildman–Crippen MR) is 70.1 cm³/mol. The Morgan fingerprint density at radius 3 is 2.47 bits per heavy atom. The van der Waals surface area contributed by atoms with Crippen LogP contribution in [0.15, 0.2) is 46.9 Å². The van der Waals surface area contributed by atoms with E-state index in [0.29, 0.717) is 11.3 Å². The maximum atomic E-state index is 9.08. The van der Waals surface area contributed by atoms with Gasteiger partial charge in [0, 0.05) is 4.47 Å². The minimum atomic E-state index is 0.579. The van der Waals surface area contributed by atoms with Gasteiger partial charge in [-0.05, 0) is 42.8 Å². The van der Waals surface area contributed by atoms with E-state index in [4.69, 9.17) is 10.00 Å². The Morgan fingerprint density at radius 2 is 1.82 bits per heavy atom. The first kappa shape index (κ1) is 11.7. The Hall–Kier alpha value is -1.79. The minimum Gasteiger partial charge on any atom is -0.456 e. The number of aryl methyl sites for hydroxylation is 1. The lowest BCUT2D eigenvalue weighted by Crippen LogP contribution is -1.90. The predicted octanol–water partition coefficient (Wildman–Crippen LogP) is 4.42. The standard InChI is InChI=1S/C14H10BrNO/c1-10-3-2-4-14(13(10)9-16)17-12-7-5-11(15)6-8-12/h2-8H,1H3. The van der Waals surface area contributed by atoms with Crippen LogP contribution < -0.4 is 4.74 Å². The van der Waals surface area contributed by atoms with Crippen molar-refractivity contribution in [3.05, 3.63) is 58.1 Å². The summed E-state index contributed by atoms with van der Waals surface area (Å²) in [6.45, 7) is 1.90. The average molecular weight is 288 g/mol. The molecule has 0 N–H and O–H groups in total. The van der Waals surface area contributed by atoms with Crippen LogP contribution in [-0.2, 0) is 0 Å². The zero-order valence-corrected chi connectivity index (χ0v) is 10.9. The molecule has 2 aromatic rings. The van der Waals surface area contributed by atoms with Crippen molar-refractivity contribution in [3.8, 4) is 17.6 Å². The number of hydrogen-bond acceptors (Lipinski definition) is 2. The smallest absolute Gasteiger partial charge is 0.145 e. The van der Waals surface area contributed by atoms with Crippen LogP contribution >= 0.6 is 15.9 Å². The average Bonchev–Trinajstić information content (AvgIpc) is 2.32. The molecule has 0 radical (unpaired) electrons. The molecule has 0 fully saturated rings. The number of nitrogens with zero attached hydrogens (tertiary/aromatic N) is 1. The second kappa shape index (κ2) is 5.03. The fourth-order valence-corrected chi connectivity index (χ4v) is 1.76. The molecule has 2 rings (SSSR count). The third kappa shape index (κ3) is 2.66. The number of benzene rings is 2. The Bertz CT molecular complexity index is 570. The van der Waals surface area contributed by atoms with Crippen LogP contribution in [-0.4, -0.2) is 0 Å². The summed E-state index contributed by atoms with van der Waals surface area (Å²) in [5.74, 6) is 1.31. The fraction of sp³-hybridized carbons (Fsp3) is 0.0714. The van der Waals surface area contributed by atoms with E-state index in [-0.39, 0.29) is 0 Å². The summed E-state index contributed by atoms with van der Waals surface area (Å²) >= 11 is 3.36. The summed E-state index contributed by atoms with van der Waals surface area (Å²) in [4.78, 5) is 0. The SMILES string of the molecule is Cc1cccc(Oc2ccc(Br)cc2)c1C#N. The summed E-state index contributed by atoms with van der Waals surface area (Å²) in [7, 11) is 0. The van der Waals surface area contributed by atoms with Crippen LogP contribution in [0.1, 0.15) is 11.1 Å². The molecule has 2 nitrogen and oxygen atoms in total. The van der Waals surface area contributed by atoms with Crippen molar-refractivity contribution in [3.63, 3.8) is 0 Å². The lowest BCUT2D eigenvalue weighted by Gasteiger charge is -2.08. The second-order valence-corrected chi connectivity index (χ2v) is 4.53. The summed E-state index contributed by atoms with van der Waals surface area (Å²) < 4.78 is 6.69. The first-order valence-corrected chi connectivity index (χ1v) is 5.93. The molecule has 2 aromatic carbocycles. The molecule has 0 aliphatic rings. The van der Waals surface area contributed by atoms with Crippen LogP contribution in [0.2, 0.25) is 0 Å². The van der Waals surface area contributed by atoms with Crippen LogP contribution in [0.5, 0.6) is 11.5 Å². The zero-order valence-electron chi connectivity index (χ0n) is 9.27. The highest BCUT2D eigenvalue weighted by Crippen LogP contribution is 2.27. The molecule has 0 aliphatic carbocycles. The molecule has 0 aromatic heterocycles. The van der Waals surface area contributed by atoms with E-state index in [1.165, 1.54) is 0 Å². The van der Waals surface area contributed by atoms with Crippen LogP contribution in [0, 0.1) is 18.3 Å². The van der Waals surface area contributed by atoms with E-state index in [2.05, 4.69) is 22.0 Å². The van der Waals surface area contributed by atoms with Crippen molar-refractivity contribution < 1.29 is 4.74 Å². The molecule has 0 heterocycles. The normalized spacial score (nSPS) is 9.71. The molecular formula is C14H10BrNO. The molecule has 0 atom stereocenters. The van der Waals surface area contributed by atoms with E-state index in [9.17, 15) is 0 Å². The maximum absolute atomic E-state index is 9.08. The highest BCUT2D eigenvalue weighted by atomic mass is 79.9. The van der Waals surface area contributed by atoms with Crippen LogP contribution in [0.25, 0.3) is 0 Å². The fourth-order valence-electron chi connectivity index (χ4n) is 1.50. The van der Waals surface area contributed by atoms with Gasteiger partial charge in [0.1, 0.15) is 17.6 Å². The van der Waals surface area contributed by atoms with E-state index in [1.54, 1.807) is 6.07 Å². The van der Waals surface area contributed by atoms with E-state index < -0.39 is 0 Å². The molecule has 0 spiro atoms. The van der Waals surface area contributed by atoms with E-state index >= 15 is 0 Å². The minimum absolute atomic E-state index is 0.579. The molecule has 17 heavy (non-hydrogen) atoms. The van der Waals surface area contributed by atoms with E-state index in [1.807, 2.05) is 43.3 Å². The quantitative estimate of drug-likeness (QED) is 0.819. The Morgan fingerprint density at radius 1 is 1.12 bits per heavy atom. The maximum Gasteiger partial charge on any atom is 0.145 e. The van der Waals surface area contributed by atoms with Gasteiger partial charge in [0.25, 0.3) is 0 Å². The monoisotopic (exact) mass is 287 g/mol. The second-order valence-electron chi connectivity index (χ2n) is 3.62. The number of hydrogen-bond donors (Lipinski definition) is 0. The van der Waals surface area contributed by atoms with Gasteiger partial charge in [-0.3, -0.25) is 0 Å². The van der Waals surface area contributed by atoms with Gasteiger partial charge in [0.15, 0.2) is 0 Å². The first-order valence-electron chi connectivity index (χ1n) is 5.14. The summed E-state index contributed by atoms with van der Waals surface area (Å²) in [5, 5.41) is 9.08. The number of nitriles is 1. The third-order valence-corrected chi connectivity index (χ3v) is 2.92. The van der Waals surface area contributed by atoms with Gasteiger partial charge in [-0.2, -0.15) is 5.26 Å². The molecule has 0 aliphatic heterocycles. The number of ether oxygens (including phenoxy) is 1. The van der Waals surface area contributed by atoms with Crippen molar-refractivity contribution in [2.45, 2.75) is 6.92 Å². The molecule has 0 amide bonds. The van der Waals surface area contributed by atoms with Crippen molar-refractivity contribution in [2.75, 3.05) is 0 Å². The topological polar surface area (TPSA) is 33.0 Å². The summed E-state index contributed by atoms with van der Waals surface area (Å²) in [6, 6.07) is 15.2. The van der Waals surface area contributed by atoms with Gasteiger partial charge in [0.2, 0.25) is 0 Å². The van der Waals surface area contributed by atoms with Crippen molar-refractivity contribution in [2.24, 2.45) is 0 Å².